The Labute approximate surface area is 203 Å². The first kappa shape index (κ1) is 23.9. The summed E-state index contributed by atoms with van der Waals surface area (Å²) in [6, 6.07) is 19.2. The van der Waals surface area contributed by atoms with Gasteiger partial charge >= 0.3 is 0 Å². The van der Waals surface area contributed by atoms with Crippen LogP contribution in [0.4, 0.5) is 0 Å². The quantitative estimate of drug-likeness (QED) is 0.335. The molecule has 0 saturated carbocycles. The third-order valence-electron chi connectivity index (χ3n) is 6.34. The van der Waals surface area contributed by atoms with Crippen LogP contribution in [0.25, 0.3) is 0 Å². The zero-order valence-corrected chi connectivity index (χ0v) is 21.0. The predicted octanol–water partition coefficient (Wildman–Crippen LogP) is 4.82. The van der Waals surface area contributed by atoms with Gasteiger partial charge in [0.1, 0.15) is 11.4 Å². The van der Waals surface area contributed by atoms with Crippen LogP contribution in [0.15, 0.2) is 59.6 Å². The summed E-state index contributed by atoms with van der Waals surface area (Å²) in [6.07, 6.45) is 2.89. The number of rotatable bonds is 4. The minimum absolute atomic E-state index is 0. The molecule has 1 atom stereocenters. The van der Waals surface area contributed by atoms with Crippen LogP contribution in [0.3, 0.4) is 0 Å². The van der Waals surface area contributed by atoms with E-state index in [0.717, 1.165) is 50.7 Å². The molecule has 2 heterocycles. The SMILES string of the molecule is CN=C(NCC1(c2ccccc2)CCOCC1)NC1CC(C)(C)Oc2ccccc21.I. The summed E-state index contributed by atoms with van der Waals surface area (Å²) in [5.74, 6) is 1.78. The molecule has 1 fully saturated rings. The summed E-state index contributed by atoms with van der Waals surface area (Å²) in [5.41, 5.74) is 2.39. The van der Waals surface area contributed by atoms with Crippen LogP contribution >= 0.6 is 24.0 Å². The van der Waals surface area contributed by atoms with Crippen molar-refractivity contribution in [1.82, 2.24) is 10.6 Å². The standard InChI is InChI=1S/C25H33N3O2.HI/c1-24(2)17-21(20-11-7-8-12-22(20)30-24)28-23(26-3)27-18-25(13-15-29-16-14-25)19-9-5-4-6-10-19;/h4-12,21H,13-18H2,1-3H3,(H2,26,27,28);1H. The van der Waals surface area contributed by atoms with Crippen molar-refractivity contribution in [1.29, 1.82) is 0 Å². The van der Waals surface area contributed by atoms with E-state index in [4.69, 9.17) is 9.47 Å². The number of para-hydroxylation sites is 1. The van der Waals surface area contributed by atoms with E-state index in [-0.39, 0.29) is 41.0 Å². The van der Waals surface area contributed by atoms with E-state index in [1.165, 1.54) is 11.1 Å². The second kappa shape index (κ2) is 10.2. The molecular weight excluding hydrogens is 501 g/mol. The van der Waals surface area contributed by atoms with Gasteiger partial charge < -0.3 is 20.1 Å². The van der Waals surface area contributed by atoms with Crippen LogP contribution in [-0.2, 0) is 10.2 Å². The summed E-state index contributed by atoms with van der Waals surface area (Å²) in [5, 5.41) is 7.28. The number of benzene rings is 2. The molecule has 1 saturated heterocycles. The smallest absolute Gasteiger partial charge is 0.191 e. The number of guanidine groups is 1. The van der Waals surface area contributed by atoms with Gasteiger partial charge in [-0.25, -0.2) is 0 Å². The Kier molecular flexibility index (Phi) is 7.86. The number of nitrogens with one attached hydrogen (secondary N) is 2. The summed E-state index contributed by atoms with van der Waals surface area (Å²) in [4.78, 5) is 4.53. The molecule has 0 aromatic heterocycles. The Bertz CT molecular complexity index is 879. The van der Waals surface area contributed by atoms with Crippen molar-refractivity contribution in [3.63, 3.8) is 0 Å². The molecule has 6 heteroatoms. The maximum atomic E-state index is 6.18. The van der Waals surface area contributed by atoms with Gasteiger partial charge in [0, 0.05) is 44.2 Å². The lowest BCUT2D eigenvalue weighted by Gasteiger charge is -2.40. The van der Waals surface area contributed by atoms with Gasteiger partial charge in [-0.3, -0.25) is 4.99 Å². The van der Waals surface area contributed by atoms with Gasteiger partial charge in [-0.05, 0) is 38.3 Å². The Hall–Kier alpha value is -1.80. The van der Waals surface area contributed by atoms with Crippen LogP contribution in [0.1, 0.15) is 50.3 Å². The molecule has 168 valence electrons. The van der Waals surface area contributed by atoms with Gasteiger partial charge in [0.25, 0.3) is 0 Å². The molecule has 0 radical (unpaired) electrons. The van der Waals surface area contributed by atoms with E-state index in [1.807, 2.05) is 19.2 Å². The van der Waals surface area contributed by atoms with Crippen LogP contribution in [0, 0.1) is 0 Å². The summed E-state index contributed by atoms with van der Waals surface area (Å²) in [6.45, 7) is 6.70. The first-order valence-corrected chi connectivity index (χ1v) is 10.9. The van der Waals surface area contributed by atoms with Crippen LogP contribution < -0.4 is 15.4 Å². The zero-order chi connectivity index (χ0) is 21.0. The second-order valence-corrected chi connectivity index (χ2v) is 8.99. The molecule has 0 amide bonds. The number of hydrogen-bond acceptors (Lipinski definition) is 3. The highest BCUT2D eigenvalue weighted by molar-refractivity contribution is 14.0. The fourth-order valence-electron chi connectivity index (χ4n) is 4.66. The van der Waals surface area contributed by atoms with Crippen molar-refractivity contribution < 1.29 is 9.47 Å². The predicted molar refractivity (Wildman–Crippen MR) is 137 cm³/mol. The minimum atomic E-state index is -0.225. The first-order chi connectivity index (χ1) is 14.5. The molecule has 31 heavy (non-hydrogen) atoms. The largest absolute Gasteiger partial charge is 0.487 e. The summed E-state index contributed by atoms with van der Waals surface area (Å²) in [7, 11) is 1.84. The number of nitrogens with zero attached hydrogens (tertiary/aromatic N) is 1. The van der Waals surface area contributed by atoms with Crippen LogP contribution in [0.5, 0.6) is 5.75 Å². The molecular formula is C25H34IN3O2. The third-order valence-corrected chi connectivity index (χ3v) is 6.34. The molecule has 0 bridgehead atoms. The molecule has 2 aromatic carbocycles. The fourth-order valence-corrected chi connectivity index (χ4v) is 4.66. The van der Waals surface area contributed by atoms with Gasteiger partial charge in [-0.1, -0.05) is 48.5 Å². The minimum Gasteiger partial charge on any atom is -0.487 e. The molecule has 5 nitrogen and oxygen atoms in total. The van der Waals surface area contributed by atoms with Gasteiger partial charge in [0.05, 0.1) is 6.04 Å². The number of aliphatic imine (C=N–C) groups is 1. The van der Waals surface area contributed by atoms with Crippen molar-refractivity contribution in [2.75, 3.05) is 26.8 Å². The molecule has 0 spiro atoms. The number of halogens is 1. The highest BCUT2D eigenvalue weighted by atomic mass is 127. The lowest BCUT2D eigenvalue weighted by Crippen LogP contribution is -2.50. The average molecular weight is 535 g/mol. The normalized spacial score (nSPS) is 21.8. The fraction of sp³-hybridized carbons (Fsp3) is 0.480. The van der Waals surface area contributed by atoms with Crippen molar-refractivity contribution in [3.8, 4) is 5.75 Å². The van der Waals surface area contributed by atoms with Crippen molar-refractivity contribution >= 4 is 29.9 Å². The van der Waals surface area contributed by atoms with Gasteiger partial charge in [-0.15, -0.1) is 24.0 Å². The molecule has 2 aliphatic rings. The van der Waals surface area contributed by atoms with Crippen molar-refractivity contribution in [2.24, 2.45) is 4.99 Å². The molecule has 0 aliphatic carbocycles. The van der Waals surface area contributed by atoms with E-state index >= 15 is 0 Å². The Morgan fingerprint density at radius 1 is 1.03 bits per heavy atom. The molecule has 4 rings (SSSR count). The highest BCUT2D eigenvalue weighted by Crippen LogP contribution is 2.39. The summed E-state index contributed by atoms with van der Waals surface area (Å²) < 4.78 is 11.9. The zero-order valence-electron chi connectivity index (χ0n) is 18.7. The third kappa shape index (κ3) is 5.52. The summed E-state index contributed by atoms with van der Waals surface area (Å²) >= 11 is 0. The maximum Gasteiger partial charge on any atom is 0.191 e. The second-order valence-electron chi connectivity index (χ2n) is 8.99. The highest BCUT2D eigenvalue weighted by Gasteiger charge is 2.36. The molecule has 1 unspecified atom stereocenters. The van der Waals surface area contributed by atoms with Gasteiger partial charge in [-0.2, -0.15) is 0 Å². The van der Waals surface area contributed by atoms with Crippen LogP contribution in [0.2, 0.25) is 0 Å². The van der Waals surface area contributed by atoms with E-state index in [0.29, 0.717) is 0 Å². The van der Waals surface area contributed by atoms with Crippen molar-refractivity contribution in [2.45, 2.75) is 50.2 Å². The lowest BCUT2D eigenvalue weighted by atomic mass is 9.74. The van der Waals surface area contributed by atoms with E-state index < -0.39 is 0 Å². The Morgan fingerprint density at radius 3 is 2.42 bits per heavy atom. The van der Waals surface area contributed by atoms with Crippen LogP contribution in [-0.4, -0.2) is 38.4 Å². The molecule has 2 aliphatic heterocycles. The molecule has 2 aromatic rings. The monoisotopic (exact) mass is 535 g/mol. The lowest BCUT2D eigenvalue weighted by molar-refractivity contribution is 0.0511. The van der Waals surface area contributed by atoms with Gasteiger partial charge in [0.15, 0.2) is 5.96 Å². The average Bonchev–Trinajstić information content (AvgIpc) is 2.77. The number of fused-ring (bicyclic) bond motifs is 1. The number of hydrogen-bond donors (Lipinski definition) is 2. The van der Waals surface area contributed by atoms with Gasteiger partial charge in [0.2, 0.25) is 0 Å². The Morgan fingerprint density at radius 2 is 1.71 bits per heavy atom. The molecule has 2 N–H and O–H groups in total. The van der Waals surface area contributed by atoms with E-state index in [1.54, 1.807) is 0 Å². The van der Waals surface area contributed by atoms with E-state index in [2.05, 4.69) is 71.9 Å². The van der Waals surface area contributed by atoms with Crippen molar-refractivity contribution in [3.05, 3.63) is 65.7 Å². The topological polar surface area (TPSA) is 54.9 Å². The Balaban J connectivity index is 0.00000272. The number of ether oxygens (including phenoxy) is 2. The maximum absolute atomic E-state index is 6.18. The first-order valence-electron chi connectivity index (χ1n) is 10.9. The van der Waals surface area contributed by atoms with E-state index in [9.17, 15) is 0 Å².